The minimum absolute atomic E-state index is 0.00812. The monoisotopic (exact) mass is 412 g/mol. The second-order valence-corrected chi connectivity index (χ2v) is 8.10. The van der Waals surface area contributed by atoms with Crippen LogP contribution in [0, 0.1) is 0 Å². The van der Waals surface area contributed by atoms with Gasteiger partial charge in [0.1, 0.15) is 0 Å². The summed E-state index contributed by atoms with van der Waals surface area (Å²) in [4.78, 5) is 51.9. The summed E-state index contributed by atoms with van der Waals surface area (Å²) >= 11 is 12.8. The van der Waals surface area contributed by atoms with Crippen molar-refractivity contribution in [1.82, 2.24) is 0 Å². The van der Waals surface area contributed by atoms with E-state index in [1.807, 2.05) is 0 Å². The highest BCUT2D eigenvalue weighted by molar-refractivity contribution is 7.25. The Bertz CT molecular complexity index is 1550. The van der Waals surface area contributed by atoms with Crippen LogP contribution in [0.5, 0.6) is 0 Å². The van der Waals surface area contributed by atoms with Crippen LogP contribution in [0.15, 0.2) is 55.6 Å². The summed E-state index contributed by atoms with van der Waals surface area (Å²) in [5.41, 5.74) is -1.73. The topological polar surface area (TPSA) is 68.3 Å². The molecule has 4 nitrogen and oxygen atoms in total. The van der Waals surface area contributed by atoms with Crippen LogP contribution < -0.4 is 21.7 Å². The summed E-state index contributed by atoms with van der Waals surface area (Å²) in [6.07, 6.45) is 0. The van der Waals surface area contributed by atoms with Crippen molar-refractivity contribution in [2.45, 2.75) is 0 Å². The third-order valence-corrected chi connectivity index (χ3v) is 6.37. The molecule has 0 unspecified atom stereocenters. The molecule has 1 heterocycles. The summed E-state index contributed by atoms with van der Waals surface area (Å²) in [5.74, 6) is 0. The zero-order valence-corrected chi connectivity index (χ0v) is 15.6. The highest BCUT2D eigenvalue weighted by Crippen LogP contribution is 2.29. The lowest BCUT2D eigenvalue weighted by atomic mass is 10.0. The molecule has 0 fully saturated rings. The molecule has 0 saturated heterocycles. The largest absolute Gasteiger partial charge is 0.289 e. The van der Waals surface area contributed by atoms with E-state index >= 15 is 0 Å². The van der Waals surface area contributed by atoms with Crippen LogP contribution in [-0.4, -0.2) is 0 Å². The molecule has 0 saturated carbocycles. The highest BCUT2D eigenvalue weighted by atomic mass is 35.5. The lowest BCUT2D eigenvalue weighted by Crippen LogP contribution is -2.15. The minimum atomic E-state index is -0.452. The zero-order valence-electron chi connectivity index (χ0n) is 13.3. The third-order valence-electron chi connectivity index (χ3n) is 4.72. The average molecular weight is 413 g/mol. The van der Waals surface area contributed by atoms with Crippen LogP contribution in [0.2, 0.25) is 10.0 Å². The Hall–Kier alpha value is -2.60. The van der Waals surface area contributed by atoms with E-state index in [1.165, 1.54) is 36.4 Å². The normalized spacial score (nSPS) is 11.9. The summed E-state index contributed by atoms with van der Waals surface area (Å²) in [6.45, 7) is 0. The van der Waals surface area contributed by atoms with Crippen molar-refractivity contribution >= 4 is 76.3 Å². The Morgan fingerprint density at radius 3 is 1.37 bits per heavy atom. The van der Waals surface area contributed by atoms with Crippen LogP contribution in [0.3, 0.4) is 0 Å². The third kappa shape index (κ3) is 2.10. The van der Waals surface area contributed by atoms with Gasteiger partial charge in [-0.3, -0.25) is 19.2 Å². The highest BCUT2D eigenvalue weighted by Gasteiger charge is 2.22. The number of hydrogen-bond donors (Lipinski definition) is 0. The number of thiophene rings is 1. The molecule has 0 aliphatic carbocycles. The predicted octanol–water partition coefficient (Wildman–Crippen LogP) is 3.98. The second kappa shape index (κ2) is 5.45. The summed E-state index contributed by atoms with van der Waals surface area (Å²) in [7, 11) is 0. The minimum Gasteiger partial charge on any atom is -0.289 e. The van der Waals surface area contributed by atoms with Gasteiger partial charge in [-0.2, -0.15) is 0 Å². The fourth-order valence-electron chi connectivity index (χ4n) is 3.50. The van der Waals surface area contributed by atoms with Gasteiger partial charge in [0.05, 0.1) is 20.2 Å². The summed E-state index contributed by atoms with van der Waals surface area (Å²) in [5, 5.41) is 1.39. The summed E-state index contributed by atoms with van der Waals surface area (Å²) < 4.78 is 0.195. The molecule has 1 aromatic heterocycles. The second-order valence-electron chi connectivity index (χ2n) is 6.21. The molecule has 0 atom stereocenters. The van der Waals surface area contributed by atoms with E-state index in [9.17, 15) is 19.2 Å². The molecule has 0 aliphatic heterocycles. The Balaban J connectivity index is 2.20. The van der Waals surface area contributed by atoms with E-state index in [4.69, 9.17) is 23.2 Å². The van der Waals surface area contributed by atoms with Crippen LogP contribution in [0.25, 0.3) is 41.7 Å². The first kappa shape index (κ1) is 16.6. The van der Waals surface area contributed by atoms with Gasteiger partial charge in [-0.05, 0) is 36.4 Å². The molecule has 0 N–H and O–H groups in total. The molecular formula is C20H6Cl2O4S. The lowest BCUT2D eigenvalue weighted by molar-refractivity contribution is 1.69. The van der Waals surface area contributed by atoms with Gasteiger partial charge in [-0.25, -0.2) is 0 Å². The first-order valence-electron chi connectivity index (χ1n) is 7.83. The zero-order chi connectivity index (χ0) is 19.0. The van der Waals surface area contributed by atoms with Gasteiger partial charge in [-0.1, -0.05) is 23.2 Å². The Morgan fingerprint density at radius 1 is 0.556 bits per heavy atom. The molecule has 5 aromatic rings. The van der Waals surface area contributed by atoms with Crippen LogP contribution >= 0.6 is 34.5 Å². The van der Waals surface area contributed by atoms with Gasteiger partial charge in [0.2, 0.25) is 10.9 Å². The van der Waals surface area contributed by atoms with E-state index in [0.717, 1.165) is 11.3 Å². The van der Waals surface area contributed by atoms with Gasteiger partial charge in [0.25, 0.3) is 0 Å². The fourth-order valence-corrected chi connectivity index (χ4v) is 5.05. The number of halogens is 2. The summed E-state index contributed by atoms with van der Waals surface area (Å²) in [6, 6.07) is 8.81. The predicted molar refractivity (Wildman–Crippen MR) is 112 cm³/mol. The van der Waals surface area contributed by atoms with E-state index in [1.54, 1.807) is 0 Å². The van der Waals surface area contributed by atoms with E-state index in [2.05, 4.69) is 0 Å². The Labute approximate surface area is 163 Å². The van der Waals surface area contributed by atoms with Crippen molar-refractivity contribution < 1.29 is 0 Å². The maximum absolute atomic E-state index is 13.0. The maximum Gasteiger partial charge on any atom is 0.204 e. The van der Waals surface area contributed by atoms with Crippen LogP contribution in [0.4, 0.5) is 0 Å². The smallest absolute Gasteiger partial charge is 0.204 e. The van der Waals surface area contributed by atoms with Crippen LogP contribution in [-0.2, 0) is 0 Å². The number of fused-ring (bicyclic) bond motifs is 5. The maximum atomic E-state index is 13.0. The number of benzene rings is 4. The van der Waals surface area contributed by atoms with Crippen molar-refractivity contribution in [3.8, 4) is 0 Å². The molecule has 0 bridgehead atoms. The van der Waals surface area contributed by atoms with Gasteiger partial charge in [-0.15, -0.1) is 11.3 Å². The molecule has 27 heavy (non-hydrogen) atoms. The molecule has 5 rings (SSSR count). The van der Waals surface area contributed by atoms with Crippen LogP contribution in [0.1, 0.15) is 0 Å². The molecule has 4 aromatic carbocycles. The SMILES string of the molecule is O=c1c2cc(Cl)ccc2c(=O)c2c1sc1c(=O)c3cc(Cl)ccc3c(=O)c12. The molecule has 0 spiro atoms. The first-order chi connectivity index (χ1) is 12.9. The molecular weight excluding hydrogens is 407 g/mol. The Kier molecular flexibility index (Phi) is 3.35. The van der Waals surface area contributed by atoms with Crippen molar-refractivity contribution in [2.75, 3.05) is 0 Å². The molecule has 0 aliphatic rings. The van der Waals surface area contributed by atoms with E-state index < -0.39 is 21.7 Å². The molecule has 7 heteroatoms. The molecule has 0 amide bonds. The fraction of sp³-hybridized carbons (Fsp3) is 0. The molecule has 130 valence electrons. The number of rotatable bonds is 0. The average Bonchev–Trinajstić information content (AvgIpc) is 3.05. The van der Waals surface area contributed by atoms with Gasteiger partial charge in [0.15, 0.2) is 10.9 Å². The van der Waals surface area contributed by atoms with Crippen molar-refractivity contribution in [3.63, 3.8) is 0 Å². The van der Waals surface area contributed by atoms with Gasteiger partial charge in [0, 0.05) is 31.6 Å². The van der Waals surface area contributed by atoms with Gasteiger partial charge < -0.3 is 0 Å². The van der Waals surface area contributed by atoms with Crippen molar-refractivity contribution in [3.05, 3.63) is 87.3 Å². The molecule has 0 radical (unpaired) electrons. The number of hydrogen-bond acceptors (Lipinski definition) is 5. The standard InChI is InChI=1S/C20H6Cl2O4S/c21-7-1-3-9-11(5-7)17(25)19-13(15(9)23)14-16(24)10-4-2-8(22)6-12(10)18(26)20(14)27-19/h1-6H. The quantitative estimate of drug-likeness (QED) is 0.385. The first-order valence-corrected chi connectivity index (χ1v) is 9.40. The Morgan fingerprint density at radius 2 is 0.963 bits per heavy atom. The van der Waals surface area contributed by atoms with E-state index in [-0.39, 0.29) is 41.7 Å². The van der Waals surface area contributed by atoms with Crippen molar-refractivity contribution in [1.29, 1.82) is 0 Å². The van der Waals surface area contributed by atoms with E-state index in [0.29, 0.717) is 10.0 Å². The lowest BCUT2D eigenvalue weighted by Gasteiger charge is -1.99. The van der Waals surface area contributed by atoms with Gasteiger partial charge >= 0.3 is 0 Å². The van der Waals surface area contributed by atoms with Crippen molar-refractivity contribution in [2.24, 2.45) is 0 Å².